The van der Waals surface area contributed by atoms with Crippen molar-refractivity contribution in [2.24, 2.45) is 5.92 Å². The summed E-state index contributed by atoms with van der Waals surface area (Å²) in [7, 11) is 0. The molecule has 1 saturated heterocycles. The van der Waals surface area contributed by atoms with Crippen molar-refractivity contribution in [1.29, 1.82) is 0 Å². The highest BCUT2D eigenvalue weighted by Crippen LogP contribution is 2.38. The number of hydrogen-bond donors (Lipinski definition) is 0. The summed E-state index contributed by atoms with van der Waals surface area (Å²) in [4.78, 5) is 26.8. The lowest BCUT2D eigenvalue weighted by Crippen LogP contribution is -2.31. The molecular formula is C20H19Br2NO2. The molecule has 5 heteroatoms. The molecule has 2 atom stereocenters. The van der Waals surface area contributed by atoms with E-state index in [2.05, 4.69) is 31.9 Å². The van der Waals surface area contributed by atoms with Crippen molar-refractivity contribution in [1.82, 2.24) is 4.90 Å². The zero-order chi connectivity index (χ0) is 18.0. The third-order valence-corrected chi connectivity index (χ3v) is 5.73. The monoisotopic (exact) mass is 463 g/mol. The Balaban J connectivity index is 1.87. The topological polar surface area (TPSA) is 37.4 Å². The lowest BCUT2D eigenvalue weighted by molar-refractivity contribution is -0.141. The lowest BCUT2D eigenvalue weighted by atomic mass is 9.91. The van der Waals surface area contributed by atoms with Crippen LogP contribution in [0.3, 0.4) is 0 Å². The Morgan fingerprint density at radius 3 is 2.36 bits per heavy atom. The lowest BCUT2D eigenvalue weighted by Gasteiger charge is -2.27. The first-order valence-corrected chi connectivity index (χ1v) is 9.94. The fourth-order valence-electron chi connectivity index (χ4n) is 3.45. The second-order valence-electron chi connectivity index (χ2n) is 6.25. The largest absolute Gasteiger partial charge is 0.328 e. The van der Waals surface area contributed by atoms with Crippen molar-refractivity contribution < 1.29 is 9.59 Å². The molecule has 0 aromatic heterocycles. The molecule has 130 valence electrons. The predicted octanol–water partition coefficient (Wildman–Crippen LogP) is 4.93. The zero-order valence-corrected chi connectivity index (χ0v) is 17.1. The summed E-state index contributed by atoms with van der Waals surface area (Å²) in [5.74, 6) is -0.879. The van der Waals surface area contributed by atoms with Crippen LogP contribution >= 0.6 is 31.9 Å². The number of hydrogen-bond acceptors (Lipinski definition) is 2. The van der Waals surface area contributed by atoms with E-state index in [4.69, 9.17) is 0 Å². The molecule has 25 heavy (non-hydrogen) atoms. The molecule has 1 aliphatic rings. The van der Waals surface area contributed by atoms with Gasteiger partial charge in [-0.25, -0.2) is 0 Å². The fourth-order valence-corrected chi connectivity index (χ4v) is 4.16. The van der Waals surface area contributed by atoms with Gasteiger partial charge in [0.1, 0.15) is 0 Å². The minimum absolute atomic E-state index is 0.176. The Morgan fingerprint density at radius 2 is 1.72 bits per heavy atom. The second kappa shape index (κ2) is 7.83. The minimum atomic E-state index is -0.352. The summed E-state index contributed by atoms with van der Waals surface area (Å²) in [5.41, 5.74) is 2.16. The van der Waals surface area contributed by atoms with Gasteiger partial charge in [-0.2, -0.15) is 0 Å². The number of benzene rings is 2. The highest BCUT2D eigenvalue weighted by Gasteiger charge is 2.46. The number of likely N-dealkylation sites (tertiary alicyclic amines) is 1. The van der Waals surface area contributed by atoms with E-state index < -0.39 is 0 Å². The van der Waals surface area contributed by atoms with Gasteiger partial charge in [-0.15, -0.1) is 0 Å². The van der Waals surface area contributed by atoms with Crippen molar-refractivity contribution in [3.63, 3.8) is 0 Å². The first kappa shape index (κ1) is 18.3. The molecule has 1 aliphatic heterocycles. The van der Waals surface area contributed by atoms with E-state index in [-0.39, 0.29) is 23.7 Å². The van der Waals surface area contributed by atoms with E-state index in [1.165, 1.54) is 0 Å². The molecule has 1 fully saturated rings. The Labute approximate surface area is 164 Å². The minimum Gasteiger partial charge on any atom is -0.328 e. The molecule has 0 N–H and O–H groups in total. The van der Waals surface area contributed by atoms with Gasteiger partial charge in [-0.1, -0.05) is 63.0 Å². The normalized spacial score (nSPS) is 20.4. The number of ketones is 1. The van der Waals surface area contributed by atoms with Crippen LogP contribution in [-0.4, -0.2) is 23.1 Å². The first-order chi connectivity index (χ1) is 12.0. The SMILES string of the molecule is CCC1C(=O)C(=O)N(CCc2cccc(Br)c2)C1c1ccc(Br)cc1. The van der Waals surface area contributed by atoms with Crippen LogP contribution < -0.4 is 0 Å². The van der Waals surface area contributed by atoms with E-state index in [1.807, 2.05) is 55.5 Å². The van der Waals surface area contributed by atoms with Crippen LogP contribution in [0.5, 0.6) is 0 Å². The summed E-state index contributed by atoms with van der Waals surface area (Å²) in [6.07, 6.45) is 1.39. The highest BCUT2D eigenvalue weighted by atomic mass is 79.9. The maximum absolute atomic E-state index is 12.6. The summed E-state index contributed by atoms with van der Waals surface area (Å²) < 4.78 is 2.00. The summed E-state index contributed by atoms with van der Waals surface area (Å²) in [6.45, 7) is 2.51. The standard InChI is InChI=1S/C20H19Br2NO2/c1-2-17-18(14-6-8-15(21)9-7-14)23(20(25)19(17)24)11-10-13-4-3-5-16(22)12-13/h3-9,12,17-18H,2,10-11H2,1H3. The number of halogens is 2. The first-order valence-electron chi connectivity index (χ1n) is 8.36. The molecule has 0 aliphatic carbocycles. The van der Waals surface area contributed by atoms with E-state index >= 15 is 0 Å². The number of rotatable bonds is 5. The number of carbonyl (C=O) groups is 2. The molecule has 2 unspecified atom stereocenters. The molecule has 0 radical (unpaired) electrons. The average molecular weight is 465 g/mol. The van der Waals surface area contributed by atoms with E-state index in [0.29, 0.717) is 13.0 Å². The molecule has 1 heterocycles. The van der Waals surface area contributed by atoms with Crippen molar-refractivity contribution in [2.75, 3.05) is 6.54 Å². The average Bonchev–Trinajstić information content (AvgIpc) is 2.84. The maximum Gasteiger partial charge on any atom is 0.290 e. The van der Waals surface area contributed by atoms with Gasteiger partial charge in [0, 0.05) is 15.5 Å². The van der Waals surface area contributed by atoms with Crippen molar-refractivity contribution >= 4 is 43.6 Å². The van der Waals surface area contributed by atoms with Gasteiger partial charge in [0.15, 0.2) is 0 Å². The van der Waals surface area contributed by atoms with Crippen LogP contribution in [0.1, 0.15) is 30.5 Å². The van der Waals surface area contributed by atoms with Gasteiger partial charge in [0.25, 0.3) is 5.91 Å². The summed E-state index contributed by atoms with van der Waals surface area (Å²) in [5, 5.41) is 0. The molecular weight excluding hydrogens is 446 g/mol. The molecule has 0 bridgehead atoms. The third-order valence-electron chi connectivity index (χ3n) is 4.71. The van der Waals surface area contributed by atoms with Gasteiger partial charge in [0.05, 0.1) is 12.0 Å². The number of carbonyl (C=O) groups excluding carboxylic acids is 2. The Bertz CT molecular complexity index is 789. The number of Topliss-reactive ketones (excluding diaryl/α,β-unsaturated/α-hetero) is 1. The van der Waals surface area contributed by atoms with Crippen LogP contribution in [0.25, 0.3) is 0 Å². The summed E-state index contributed by atoms with van der Waals surface area (Å²) >= 11 is 6.92. The highest BCUT2D eigenvalue weighted by molar-refractivity contribution is 9.10. The van der Waals surface area contributed by atoms with Gasteiger partial charge in [-0.05, 0) is 48.2 Å². The Kier molecular flexibility index (Phi) is 5.74. The van der Waals surface area contributed by atoms with Gasteiger partial charge in [0.2, 0.25) is 5.78 Å². The van der Waals surface area contributed by atoms with E-state index in [9.17, 15) is 9.59 Å². The van der Waals surface area contributed by atoms with Crippen LogP contribution in [-0.2, 0) is 16.0 Å². The summed E-state index contributed by atoms with van der Waals surface area (Å²) in [6, 6.07) is 15.8. The molecule has 2 aromatic carbocycles. The number of amides is 1. The van der Waals surface area contributed by atoms with Crippen molar-refractivity contribution in [3.8, 4) is 0 Å². The molecule has 1 amide bonds. The quantitative estimate of drug-likeness (QED) is 0.588. The second-order valence-corrected chi connectivity index (χ2v) is 8.09. The van der Waals surface area contributed by atoms with Crippen molar-refractivity contribution in [2.45, 2.75) is 25.8 Å². The van der Waals surface area contributed by atoms with Crippen LogP contribution in [0, 0.1) is 5.92 Å². The molecule has 0 saturated carbocycles. The smallest absolute Gasteiger partial charge is 0.290 e. The zero-order valence-electron chi connectivity index (χ0n) is 13.9. The molecule has 3 rings (SSSR count). The predicted molar refractivity (Wildman–Crippen MR) is 105 cm³/mol. The van der Waals surface area contributed by atoms with E-state index in [1.54, 1.807) is 4.90 Å². The molecule has 3 nitrogen and oxygen atoms in total. The van der Waals surface area contributed by atoms with Crippen molar-refractivity contribution in [3.05, 3.63) is 68.6 Å². The fraction of sp³-hybridized carbons (Fsp3) is 0.300. The van der Waals surface area contributed by atoms with Crippen LogP contribution in [0.2, 0.25) is 0 Å². The number of nitrogens with zero attached hydrogens (tertiary/aromatic N) is 1. The van der Waals surface area contributed by atoms with E-state index in [0.717, 1.165) is 26.5 Å². The third kappa shape index (κ3) is 3.87. The maximum atomic E-state index is 12.6. The molecule has 0 spiro atoms. The molecule has 2 aromatic rings. The Hall–Kier alpha value is -1.46. The van der Waals surface area contributed by atoms with Crippen LogP contribution in [0.4, 0.5) is 0 Å². The van der Waals surface area contributed by atoms with Gasteiger partial charge in [-0.3, -0.25) is 9.59 Å². The van der Waals surface area contributed by atoms with Gasteiger partial charge < -0.3 is 4.90 Å². The Morgan fingerprint density at radius 1 is 1.00 bits per heavy atom. The van der Waals surface area contributed by atoms with Gasteiger partial charge >= 0.3 is 0 Å². The van der Waals surface area contributed by atoms with Crippen LogP contribution in [0.15, 0.2) is 57.5 Å².